The second kappa shape index (κ2) is 6.86. The summed E-state index contributed by atoms with van der Waals surface area (Å²) in [5.41, 5.74) is 0. The van der Waals surface area contributed by atoms with Crippen molar-refractivity contribution in [2.24, 2.45) is 0 Å². The zero-order chi connectivity index (χ0) is 13.8. The zero-order valence-corrected chi connectivity index (χ0v) is 13.8. The highest BCUT2D eigenvalue weighted by atomic mass is 79.9. The van der Waals surface area contributed by atoms with Crippen LogP contribution in [0.25, 0.3) is 0 Å². The van der Waals surface area contributed by atoms with E-state index in [0.29, 0.717) is 0 Å². The van der Waals surface area contributed by atoms with Gasteiger partial charge in [0.15, 0.2) is 0 Å². The molecule has 2 heterocycles. The molecule has 0 spiro atoms. The number of rotatable bonds is 5. The Hall–Kier alpha value is -0.390. The molecule has 0 saturated carbocycles. The van der Waals surface area contributed by atoms with Gasteiger partial charge in [0.2, 0.25) is 0 Å². The molecule has 0 bridgehead atoms. The van der Waals surface area contributed by atoms with Gasteiger partial charge < -0.3 is 10.1 Å². The Bertz CT molecular complexity index is 441. The van der Waals surface area contributed by atoms with E-state index in [4.69, 9.17) is 4.74 Å². The van der Waals surface area contributed by atoms with Crippen molar-refractivity contribution in [1.29, 1.82) is 0 Å². The highest BCUT2D eigenvalue weighted by Crippen LogP contribution is 2.28. The van der Waals surface area contributed by atoms with Crippen LogP contribution in [0.2, 0.25) is 0 Å². The first-order valence-electron chi connectivity index (χ1n) is 6.82. The minimum atomic E-state index is 0.0102. The smallest absolute Gasteiger partial charge is 0.261 e. The summed E-state index contributed by atoms with van der Waals surface area (Å²) in [6.07, 6.45) is 4.40. The number of ether oxygens (including phenoxy) is 1. The maximum Gasteiger partial charge on any atom is 0.261 e. The van der Waals surface area contributed by atoms with Gasteiger partial charge in [-0.05, 0) is 48.2 Å². The van der Waals surface area contributed by atoms with Crippen LogP contribution in [-0.2, 0) is 11.2 Å². The average Bonchev–Trinajstić information content (AvgIpc) is 3.00. The Morgan fingerprint density at radius 3 is 3.11 bits per heavy atom. The molecule has 3 nitrogen and oxygen atoms in total. The molecule has 1 N–H and O–H groups in total. The minimum Gasteiger partial charge on any atom is -0.376 e. The summed E-state index contributed by atoms with van der Waals surface area (Å²) in [5, 5.41) is 3.05. The largest absolute Gasteiger partial charge is 0.376 e. The van der Waals surface area contributed by atoms with Crippen LogP contribution < -0.4 is 5.32 Å². The van der Waals surface area contributed by atoms with Crippen molar-refractivity contribution in [1.82, 2.24) is 5.32 Å². The van der Waals surface area contributed by atoms with Gasteiger partial charge in [-0.25, -0.2) is 0 Å². The van der Waals surface area contributed by atoms with E-state index in [1.807, 2.05) is 13.0 Å². The lowest BCUT2D eigenvalue weighted by atomic mass is 10.1. The van der Waals surface area contributed by atoms with E-state index in [9.17, 15) is 4.79 Å². The van der Waals surface area contributed by atoms with Crippen LogP contribution in [-0.4, -0.2) is 24.7 Å². The molecule has 0 radical (unpaired) electrons. The SMILES string of the molecule is CCCc1sc(C(=O)N[C@H](C)[C@H]2CCCO2)cc1Br. The van der Waals surface area contributed by atoms with E-state index in [1.165, 1.54) is 4.88 Å². The first-order chi connectivity index (χ1) is 9.11. The molecule has 1 aromatic rings. The lowest BCUT2D eigenvalue weighted by Gasteiger charge is -2.19. The normalized spacial score (nSPS) is 20.5. The lowest BCUT2D eigenvalue weighted by molar-refractivity contribution is 0.0714. The Morgan fingerprint density at radius 2 is 2.47 bits per heavy atom. The van der Waals surface area contributed by atoms with Crippen LogP contribution in [0, 0.1) is 0 Å². The summed E-state index contributed by atoms with van der Waals surface area (Å²) in [5.74, 6) is 0.0102. The highest BCUT2D eigenvalue weighted by Gasteiger charge is 2.24. The summed E-state index contributed by atoms with van der Waals surface area (Å²) >= 11 is 5.10. The maximum absolute atomic E-state index is 12.2. The van der Waals surface area contributed by atoms with Gasteiger partial charge in [0.25, 0.3) is 5.91 Å². The van der Waals surface area contributed by atoms with E-state index in [2.05, 4.69) is 28.2 Å². The molecule has 5 heteroatoms. The van der Waals surface area contributed by atoms with Gasteiger partial charge in [-0.3, -0.25) is 4.79 Å². The molecule has 1 amide bonds. The molecule has 19 heavy (non-hydrogen) atoms. The second-order valence-electron chi connectivity index (χ2n) is 4.95. The Balaban J connectivity index is 1.97. The minimum absolute atomic E-state index is 0.0102. The number of carbonyl (C=O) groups is 1. The van der Waals surface area contributed by atoms with Crippen LogP contribution in [0.5, 0.6) is 0 Å². The predicted octanol–water partition coefficient (Wildman–Crippen LogP) is 3.76. The number of hydrogen-bond acceptors (Lipinski definition) is 3. The standard InChI is InChI=1S/C14H20BrNO2S/c1-3-5-12-10(15)8-13(19-12)14(17)16-9(2)11-6-4-7-18-11/h8-9,11H,3-7H2,1-2H3,(H,16,17)/t9-,11-/m1/s1. The van der Waals surface area contributed by atoms with Crippen molar-refractivity contribution in [2.45, 2.75) is 51.7 Å². The van der Waals surface area contributed by atoms with Gasteiger partial charge in [0.05, 0.1) is 17.0 Å². The van der Waals surface area contributed by atoms with Crippen LogP contribution in [0.1, 0.15) is 47.7 Å². The number of thiophene rings is 1. The summed E-state index contributed by atoms with van der Waals surface area (Å²) in [6, 6.07) is 2.00. The van der Waals surface area contributed by atoms with Crippen LogP contribution in [0.4, 0.5) is 0 Å². The molecular weight excluding hydrogens is 326 g/mol. The molecule has 1 aliphatic rings. The average molecular weight is 346 g/mol. The third-order valence-electron chi connectivity index (χ3n) is 3.34. The molecule has 2 rings (SSSR count). The molecule has 1 aliphatic heterocycles. The van der Waals surface area contributed by atoms with E-state index in [1.54, 1.807) is 11.3 Å². The van der Waals surface area contributed by atoms with E-state index >= 15 is 0 Å². The van der Waals surface area contributed by atoms with E-state index in [0.717, 1.165) is 41.6 Å². The highest BCUT2D eigenvalue weighted by molar-refractivity contribution is 9.10. The van der Waals surface area contributed by atoms with Crippen LogP contribution in [0.3, 0.4) is 0 Å². The fourth-order valence-electron chi connectivity index (χ4n) is 2.28. The topological polar surface area (TPSA) is 38.3 Å². The number of hydrogen-bond donors (Lipinski definition) is 1. The van der Waals surface area contributed by atoms with Crippen molar-refractivity contribution in [3.63, 3.8) is 0 Å². The molecule has 2 atom stereocenters. The van der Waals surface area contributed by atoms with Gasteiger partial charge >= 0.3 is 0 Å². The van der Waals surface area contributed by atoms with Crippen molar-refractivity contribution < 1.29 is 9.53 Å². The maximum atomic E-state index is 12.2. The van der Waals surface area contributed by atoms with E-state index < -0.39 is 0 Å². The summed E-state index contributed by atoms with van der Waals surface area (Å²) < 4.78 is 6.65. The third kappa shape index (κ3) is 3.80. The molecular formula is C14H20BrNO2S. The Morgan fingerprint density at radius 1 is 1.68 bits per heavy atom. The molecule has 0 unspecified atom stereocenters. The molecule has 1 fully saturated rings. The Kier molecular flexibility index (Phi) is 5.42. The van der Waals surface area contributed by atoms with Crippen LogP contribution >= 0.6 is 27.3 Å². The number of carbonyl (C=O) groups excluding carboxylic acids is 1. The van der Waals surface area contributed by atoms with Crippen molar-refractivity contribution in [2.75, 3.05) is 6.61 Å². The molecule has 106 valence electrons. The second-order valence-corrected chi connectivity index (χ2v) is 6.94. The zero-order valence-electron chi connectivity index (χ0n) is 11.4. The first-order valence-corrected chi connectivity index (χ1v) is 8.43. The van der Waals surface area contributed by atoms with Gasteiger partial charge in [-0.1, -0.05) is 13.3 Å². The quantitative estimate of drug-likeness (QED) is 0.882. The number of aryl methyl sites for hydroxylation is 1. The van der Waals surface area contributed by atoms with Gasteiger partial charge in [0.1, 0.15) is 0 Å². The fourth-order valence-corrected chi connectivity index (χ4v) is 4.16. The summed E-state index contributed by atoms with van der Waals surface area (Å²) in [4.78, 5) is 14.2. The first kappa shape index (κ1) is 15.0. The van der Waals surface area contributed by atoms with Gasteiger partial charge in [0, 0.05) is 16.0 Å². The van der Waals surface area contributed by atoms with Crippen molar-refractivity contribution >= 4 is 33.2 Å². The fraction of sp³-hybridized carbons (Fsp3) is 0.643. The number of nitrogens with one attached hydrogen (secondary N) is 1. The molecule has 0 aromatic carbocycles. The van der Waals surface area contributed by atoms with Crippen molar-refractivity contribution in [3.8, 4) is 0 Å². The third-order valence-corrected chi connectivity index (χ3v) is 5.50. The van der Waals surface area contributed by atoms with Gasteiger partial charge in [-0.15, -0.1) is 11.3 Å². The number of halogens is 1. The van der Waals surface area contributed by atoms with E-state index in [-0.39, 0.29) is 18.1 Å². The van der Waals surface area contributed by atoms with Crippen molar-refractivity contribution in [3.05, 3.63) is 20.3 Å². The molecule has 1 saturated heterocycles. The number of amides is 1. The predicted molar refractivity (Wildman–Crippen MR) is 81.9 cm³/mol. The molecule has 1 aromatic heterocycles. The molecule has 0 aliphatic carbocycles. The van der Waals surface area contributed by atoms with Crippen LogP contribution in [0.15, 0.2) is 10.5 Å². The lowest BCUT2D eigenvalue weighted by Crippen LogP contribution is -2.40. The Labute approximate surface area is 126 Å². The monoisotopic (exact) mass is 345 g/mol. The van der Waals surface area contributed by atoms with Gasteiger partial charge in [-0.2, -0.15) is 0 Å². The summed E-state index contributed by atoms with van der Waals surface area (Å²) in [7, 11) is 0. The summed E-state index contributed by atoms with van der Waals surface area (Å²) in [6.45, 7) is 4.98.